The first kappa shape index (κ1) is 15.3. The maximum Gasteiger partial charge on any atom is 0.673 e. The molecule has 2 rings (SSSR count). The van der Waals surface area contributed by atoms with Crippen LogP contribution in [0.25, 0.3) is 0 Å². The van der Waals surface area contributed by atoms with Gasteiger partial charge in [0.2, 0.25) is 6.34 Å². The van der Waals surface area contributed by atoms with Crippen LogP contribution in [0, 0.1) is 0 Å². The molecular weight excluding hydrogens is 247 g/mol. The van der Waals surface area contributed by atoms with Crippen molar-refractivity contribution in [3.8, 4) is 0 Å². The number of hydrogen-bond donors (Lipinski definition) is 0. The van der Waals surface area contributed by atoms with Gasteiger partial charge >= 0.3 is 7.25 Å². The molecule has 0 aliphatic carbocycles. The summed E-state index contributed by atoms with van der Waals surface area (Å²) in [6, 6.07) is 0. The average Bonchev–Trinajstić information content (AvgIpc) is 2.29. The Kier molecular flexibility index (Phi) is 6.50. The van der Waals surface area contributed by atoms with E-state index in [1.54, 1.807) is 0 Å². The summed E-state index contributed by atoms with van der Waals surface area (Å²) >= 11 is 0. The zero-order chi connectivity index (χ0) is 13.4. The first-order valence-electron chi connectivity index (χ1n) is 6.65. The number of nitrogens with zero attached hydrogens (tertiary/aromatic N) is 2. The van der Waals surface area contributed by atoms with Crippen molar-refractivity contribution in [3.05, 3.63) is 0 Å². The lowest BCUT2D eigenvalue weighted by Gasteiger charge is -2.21. The summed E-state index contributed by atoms with van der Waals surface area (Å²) in [4.78, 5) is 2.51. The first-order chi connectivity index (χ1) is 8.45. The molecule has 2 saturated heterocycles. The smallest absolute Gasteiger partial charge is 0.418 e. The van der Waals surface area contributed by atoms with E-state index in [2.05, 4.69) is 15.8 Å². The van der Waals surface area contributed by atoms with Gasteiger partial charge in [-0.1, -0.05) is 0 Å². The fraction of sp³-hybridized carbons (Fsp3) is 0.909. The maximum absolute atomic E-state index is 9.75. The van der Waals surface area contributed by atoms with E-state index in [9.17, 15) is 17.3 Å². The fourth-order valence-corrected chi connectivity index (χ4v) is 2.30. The van der Waals surface area contributed by atoms with Crippen LogP contribution in [0.3, 0.4) is 0 Å². The molecule has 0 saturated carbocycles. The van der Waals surface area contributed by atoms with E-state index in [4.69, 9.17) is 0 Å². The molecule has 2 aliphatic heterocycles. The van der Waals surface area contributed by atoms with Gasteiger partial charge in [0.05, 0.1) is 26.2 Å². The molecule has 2 heterocycles. The zero-order valence-electron chi connectivity index (χ0n) is 10.6. The van der Waals surface area contributed by atoms with Crippen LogP contribution in [-0.4, -0.2) is 49.2 Å². The van der Waals surface area contributed by atoms with Crippen molar-refractivity contribution < 1.29 is 21.8 Å². The summed E-state index contributed by atoms with van der Waals surface area (Å²) in [6.07, 6.45) is 10.8. The van der Waals surface area contributed by atoms with E-state index in [-0.39, 0.29) is 0 Å². The molecule has 18 heavy (non-hydrogen) atoms. The minimum atomic E-state index is -6.00. The summed E-state index contributed by atoms with van der Waals surface area (Å²) in [7, 11) is -6.00. The highest BCUT2D eigenvalue weighted by atomic mass is 19.5. The van der Waals surface area contributed by atoms with Crippen molar-refractivity contribution >= 4 is 13.6 Å². The highest BCUT2D eigenvalue weighted by Gasteiger charge is 2.20. The lowest BCUT2D eigenvalue weighted by Crippen LogP contribution is -2.34. The fourth-order valence-electron chi connectivity index (χ4n) is 2.30. The summed E-state index contributed by atoms with van der Waals surface area (Å²) in [5.41, 5.74) is 0. The minimum absolute atomic E-state index is 1.29. The minimum Gasteiger partial charge on any atom is -0.418 e. The number of likely N-dealkylation sites (tertiary alicyclic amines) is 1. The van der Waals surface area contributed by atoms with Crippen molar-refractivity contribution in [1.29, 1.82) is 0 Å². The second kappa shape index (κ2) is 7.64. The lowest BCUT2D eigenvalue weighted by molar-refractivity contribution is -0.537. The Bertz CT molecular complexity index is 248. The summed E-state index contributed by atoms with van der Waals surface area (Å²) < 4.78 is 41.5. The third-order valence-electron chi connectivity index (χ3n) is 3.11. The highest BCUT2D eigenvalue weighted by molar-refractivity contribution is 6.50. The van der Waals surface area contributed by atoms with Crippen LogP contribution in [0.2, 0.25) is 0 Å². The second-order valence-electron chi connectivity index (χ2n) is 4.80. The first-order valence-corrected chi connectivity index (χ1v) is 6.65. The van der Waals surface area contributed by atoms with Crippen molar-refractivity contribution in [2.45, 2.75) is 38.5 Å². The molecule has 0 spiro atoms. The van der Waals surface area contributed by atoms with Crippen LogP contribution >= 0.6 is 0 Å². The second-order valence-corrected chi connectivity index (χ2v) is 4.80. The third-order valence-corrected chi connectivity index (χ3v) is 3.11. The van der Waals surface area contributed by atoms with Gasteiger partial charge in [-0.3, -0.25) is 9.48 Å². The SMILES string of the molecule is C(N1CCCCC1)=[N+]1CCCCC1.F[B-](F)(F)F. The average molecular weight is 268 g/mol. The van der Waals surface area contributed by atoms with Crippen molar-refractivity contribution in [3.63, 3.8) is 0 Å². The zero-order valence-corrected chi connectivity index (χ0v) is 10.6. The Morgan fingerprint density at radius 3 is 1.72 bits per heavy atom. The molecule has 0 radical (unpaired) electrons. The van der Waals surface area contributed by atoms with Gasteiger partial charge in [-0.25, -0.2) is 0 Å². The molecule has 2 fully saturated rings. The largest absolute Gasteiger partial charge is 0.673 e. The summed E-state index contributed by atoms with van der Waals surface area (Å²) in [5, 5.41) is 0. The number of piperidine rings is 2. The number of halogens is 4. The van der Waals surface area contributed by atoms with Crippen LogP contribution in [-0.2, 0) is 0 Å². The molecule has 0 aromatic carbocycles. The van der Waals surface area contributed by atoms with Crippen LogP contribution in [0.15, 0.2) is 0 Å². The Hall–Kier alpha value is -0.745. The van der Waals surface area contributed by atoms with Crippen LogP contribution < -0.4 is 0 Å². The molecule has 0 aromatic rings. The van der Waals surface area contributed by atoms with Crippen molar-refractivity contribution in [2.24, 2.45) is 0 Å². The highest BCUT2D eigenvalue weighted by Crippen LogP contribution is 2.08. The summed E-state index contributed by atoms with van der Waals surface area (Å²) in [5.74, 6) is 0. The molecule has 0 N–H and O–H groups in total. The van der Waals surface area contributed by atoms with E-state index in [1.165, 1.54) is 64.7 Å². The quantitative estimate of drug-likeness (QED) is 0.306. The Balaban J connectivity index is 0.000000280. The van der Waals surface area contributed by atoms with Gasteiger partial charge in [0.25, 0.3) is 0 Å². The molecule has 106 valence electrons. The summed E-state index contributed by atoms with van der Waals surface area (Å²) in [6.45, 7) is 5.15. The predicted octanol–water partition coefficient (Wildman–Crippen LogP) is 3.00. The Morgan fingerprint density at radius 1 is 0.778 bits per heavy atom. The molecular formula is C11H21BF4N2. The number of rotatable bonds is 1. The Labute approximate surface area is 106 Å². The van der Waals surface area contributed by atoms with Gasteiger partial charge in [0.15, 0.2) is 0 Å². The van der Waals surface area contributed by atoms with E-state index >= 15 is 0 Å². The van der Waals surface area contributed by atoms with Crippen LogP contribution in [0.4, 0.5) is 17.3 Å². The van der Waals surface area contributed by atoms with Gasteiger partial charge in [-0.15, -0.1) is 0 Å². The molecule has 0 unspecified atom stereocenters. The molecule has 7 heteroatoms. The number of hydrogen-bond acceptors (Lipinski definition) is 0. The van der Waals surface area contributed by atoms with E-state index in [0.717, 1.165) is 0 Å². The topological polar surface area (TPSA) is 6.25 Å². The molecule has 0 amide bonds. The van der Waals surface area contributed by atoms with Crippen LogP contribution in [0.1, 0.15) is 38.5 Å². The lowest BCUT2D eigenvalue weighted by atomic mass is 10.1. The van der Waals surface area contributed by atoms with Gasteiger partial charge in [-0.2, -0.15) is 0 Å². The molecule has 2 aliphatic rings. The van der Waals surface area contributed by atoms with Crippen LogP contribution in [0.5, 0.6) is 0 Å². The van der Waals surface area contributed by atoms with E-state index in [0.29, 0.717) is 0 Å². The van der Waals surface area contributed by atoms with E-state index in [1.807, 2.05) is 0 Å². The van der Waals surface area contributed by atoms with Gasteiger partial charge in [0.1, 0.15) is 0 Å². The monoisotopic (exact) mass is 268 g/mol. The molecule has 0 aromatic heterocycles. The van der Waals surface area contributed by atoms with Gasteiger partial charge < -0.3 is 17.3 Å². The third kappa shape index (κ3) is 8.36. The van der Waals surface area contributed by atoms with Gasteiger partial charge in [-0.05, 0) is 38.5 Å². The molecule has 0 bridgehead atoms. The molecule has 0 atom stereocenters. The van der Waals surface area contributed by atoms with Crippen molar-refractivity contribution in [1.82, 2.24) is 4.90 Å². The maximum atomic E-state index is 9.75. The standard InChI is InChI=1S/C11H21N2.BF4/c1-3-7-12(8-4-1)11-13-9-5-2-6-10-13;2-1(3,4)5/h11H,1-10H2;/q+1;-1. The van der Waals surface area contributed by atoms with Crippen molar-refractivity contribution in [2.75, 3.05) is 26.2 Å². The van der Waals surface area contributed by atoms with Gasteiger partial charge in [0, 0.05) is 0 Å². The predicted molar refractivity (Wildman–Crippen MR) is 65.5 cm³/mol. The normalized spacial score (nSPS) is 21.1. The molecule has 2 nitrogen and oxygen atoms in total. The Morgan fingerprint density at radius 2 is 1.22 bits per heavy atom. The van der Waals surface area contributed by atoms with E-state index < -0.39 is 7.25 Å².